The van der Waals surface area contributed by atoms with E-state index in [1.54, 1.807) is 24.3 Å². The summed E-state index contributed by atoms with van der Waals surface area (Å²) in [5, 5.41) is 10.7. The lowest BCUT2D eigenvalue weighted by Gasteiger charge is -2.25. The maximum Gasteiger partial charge on any atom is 0.333 e. The lowest BCUT2D eigenvalue weighted by molar-refractivity contribution is -0.133. The molecule has 1 saturated heterocycles. The van der Waals surface area contributed by atoms with E-state index in [4.69, 9.17) is 9.84 Å². The first kappa shape index (κ1) is 14.9. The highest BCUT2D eigenvalue weighted by atomic mass is 16.5. The summed E-state index contributed by atoms with van der Waals surface area (Å²) in [6.07, 6.45) is 1.41. The van der Waals surface area contributed by atoms with Gasteiger partial charge in [0.1, 0.15) is 12.3 Å². The normalized spacial score (nSPS) is 17.3. The molecule has 0 spiro atoms. The number of barbiturate groups is 1. The molecule has 1 aromatic rings. The van der Waals surface area contributed by atoms with E-state index in [0.29, 0.717) is 5.56 Å². The Hall–Kier alpha value is -2.51. The molecule has 1 aliphatic rings. The van der Waals surface area contributed by atoms with Crippen LogP contribution in [0.5, 0.6) is 0 Å². The second-order valence-electron chi connectivity index (χ2n) is 4.22. The maximum absolute atomic E-state index is 12.2. The minimum Gasteiger partial charge on any atom is -0.394 e. The minimum atomic E-state index is -0.840. The van der Waals surface area contributed by atoms with Gasteiger partial charge in [-0.25, -0.2) is 9.69 Å². The van der Waals surface area contributed by atoms with Crippen LogP contribution >= 0.6 is 0 Å². The molecule has 0 unspecified atom stereocenters. The third-order valence-electron chi connectivity index (χ3n) is 2.75. The van der Waals surface area contributed by atoms with Gasteiger partial charge in [0.25, 0.3) is 11.8 Å². The second kappa shape index (κ2) is 6.78. The van der Waals surface area contributed by atoms with Crippen molar-refractivity contribution in [2.24, 2.45) is 0 Å². The largest absolute Gasteiger partial charge is 0.394 e. The van der Waals surface area contributed by atoms with Crippen LogP contribution in [0, 0.1) is 0 Å². The molecule has 1 fully saturated rings. The summed E-state index contributed by atoms with van der Waals surface area (Å²) in [5.41, 5.74) is 0.523. The van der Waals surface area contributed by atoms with Crippen molar-refractivity contribution in [3.63, 3.8) is 0 Å². The molecule has 1 aromatic carbocycles. The van der Waals surface area contributed by atoms with E-state index in [-0.39, 0.29) is 25.5 Å². The summed E-state index contributed by atoms with van der Waals surface area (Å²) in [7, 11) is 0. The average Bonchev–Trinajstić information content (AvgIpc) is 2.48. The lowest BCUT2D eigenvalue weighted by atomic mass is 10.1. The van der Waals surface area contributed by atoms with Crippen molar-refractivity contribution in [1.29, 1.82) is 0 Å². The third-order valence-corrected chi connectivity index (χ3v) is 2.75. The topological polar surface area (TPSA) is 95.9 Å². The summed E-state index contributed by atoms with van der Waals surface area (Å²) >= 11 is 0. The highest BCUT2D eigenvalue weighted by Gasteiger charge is 2.35. The summed E-state index contributed by atoms with van der Waals surface area (Å²) in [6, 6.07) is 7.97. The zero-order valence-corrected chi connectivity index (χ0v) is 11.1. The number of amides is 4. The molecular weight excluding hydrogens is 276 g/mol. The fourth-order valence-electron chi connectivity index (χ4n) is 1.75. The fourth-order valence-corrected chi connectivity index (χ4v) is 1.75. The standard InChI is InChI=1S/C14H14N2O5/c17-6-7-21-9-16-13(19)11(12(18)15-14(16)20)8-10-4-2-1-3-5-10/h1-5,8,17H,6-7,9H2,(H,15,18,20)/b11-8+. The molecule has 2 N–H and O–H groups in total. The van der Waals surface area contributed by atoms with Crippen LogP contribution in [0.1, 0.15) is 5.56 Å². The van der Waals surface area contributed by atoms with Crippen molar-refractivity contribution in [3.05, 3.63) is 41.5 Å². The molecule has 0 atom stereocenters. The minimum absolute atomic E-state index is 0.0112. The number of hydrogen-bond acceptors (Lipinski definition) is 5. The number of ether oxygens (including phenoxy) is 1. The number of carbonyl (C=O) groups is 3. The van der Waals surface area contributed by atoms with Gasteiger partial charge in [-0.1, -0.05) is 30.3 Å². The van der Waals surface area contributed by atoms with Gasteiger partial charge in [-0.15, -0.1) is 0 Å². The van der Waals surface area contributed by atoms with E-state index in [1.165, 1.54) is 6.08 Å². The maximum atomic E-state index is 12.2. The van der Waals surface area contributed by atoms with Crippen molar-refractivity contribution >= 4 is 23.9 Å². The molecule has 0 radical (unpaired) electrons. The molecule has 0 aromatic heterocycles. The molecule has 2 rings (SSSR count). The molecule has 21 heavy (non-hydrogen) atoms. The summed E-state index contributed by atoms with van der Waals surface area (Å²) < 4.78 is 4.95. The van der Waals surface area contributed by atoms with Crippen molar-refractivity contribution < 1.29 is 24.2 Å². The first-order valence-corrected chi connectivity index (χ1v) is 6.26. The first-order valence-electron chi connectivity index (χ1n) is 6.26. The number of benzene rings is 1. The molecule has 0 saturated carbocycles. The van der Waals surface area contributed by atoms with E-state index in [1.807, 2.05) is 6.07 Å². The summed E-state index contributed by atoms with van der Waals surface area (Å²) in [4.78, 5) is 36.3. The number of nitrogens with one attached hydrogen (secondary N) is 1. The predicted octanol–water partition coefficient (Wildman–Crippen LogP) is 0.115. The molecule has 7 heteroatoms. The molecule has 4 amide bonds. The van der Waals surface area contributed by atoms with Crippen LogP contribution in [0.3, 0.4) is 0 Å². The number of rotatable bonds is 5. The van der Waals surface area contributed by atoms with E-state index in [9.17, 15) is 14.4 Å². The fraction of sp³-hybridized carbons (Fsp3) is 0.214. The molecule has 110 valence electrons. The zero-order chi connectivity index (χ0) is 15.2. The van der Waals surface area contributed by atoms with E-state index in [0.717, 1.165) is 4.90 Å². The molecule has 1 heterocycles. The van der Waals surface area contributed by atoms with Crippen molar-refractivity contribution in [2.75, 3.05) is 19.9 Å². The lowest BCUT2D eigenvalue weighted by Crippen LogP contribution is -2.54. The highest BCUT2D eigenvalue weighted by Crippen LogP contribution is 2.14. The number of aliphatic hydroxyl groups excluding tert-OH is 1. The number of carbonyl (C=O) groups excluding carboxylic acids is 3. The van der Waals surface area contributed by atoms with Crippen LogP contribution in [0.25, 0.3) is 6.08 Å². The number of urea groups is 1. The number of imide groups is 2. The van der Waals surface area contributed by atoms with Gasteiger partial charge in [-0.05, 0) is 11.6 Å². The van der Waals surface area contributed by atoms with Gasteiger partial charge in [0.2, 0.25) is 0 Å². The number of aliphatic hydroxyl groups is 1. The third kappa shape index (κ3) is 3.53. The molecule has 0 aliphatic carbocycles. The Kier molecular flexibility index (Phi) is 4.81. The Bertz CT molecular complexity index is 582. The van der Waals surface area contributed by atoms with Gasteiger partial charge in [-0.2, -0.15) is 0 Å². The van der Waals surface area contributed by atoms with Gasteiger partial charge in [-0.3, -0.25) is 14.9 Å². The Morgan fingerprint density at radius 3 is 2.57 bits per heavy atom. The quantitative estimate of drug-likeness (QED) is 0.456. The Labute approximate surface area is 120 Å². The van der Waals surface area contributed by atoms with Crippen molar-refractivity contribution in [1.82, 2.24) is 10.2 Å². The number of nitrogens with zero attached hydrogens (tertiary/aromatic N) is 1. The van der Waals surface area contributed by atoms with Gasteiger partial charge in [0, 0.05) is 0 Å². The van der Waals surface area contributed by atoms with Crippen molar-refractivity contribution in [2.45, 2.75) is 0 Å². The van der Waals surface area contributed by atoms with Gasteiger partial charge >= 0.3 is 6.03 Å². The zero-order valence-electron chi connectivity index (χ0n) is 11.1. The molecule has 0 bridgehead atoms. The van der Waals surface area contributed by atoms with Crippen LogP contribution in [0.2, 0.25) is 0 Å². The monoisotopic (exact) mass is 290 g/mol. The van der Waals surface area contributed by atoms with Crippen LogP contribution in [-0.4, -0.2) is 47.8 Å². The Morgan fingerprint density at radius 2 is 1.90 bits per heavy atom. The van der Waals surface area contributed by atoms with E-state index in [2.05, 4.69) is 5.32 Å². The Balaban J connectivity index is 2.21. The smallest absolute Gasteiger partial charge is 0.333 e. The average molecular weight is 290 g/mol. The Morgan fingerprint density at radius 1 is 1.19 bits per heavy atom. The summed E-state index contributed by atoms with van der Waals surface area (Å²) in [5.74, 6) is -1.47. The first-order chi connectivity index (χ1) is 10.1. The van der Waals surface area contributed by atoms with E-state index < -0.39 is 17.8 Å². The van der Waals surface area contributed by atoms with Crippen LogP contribution in [0.4, 0.5) is 4.79 Å². The molecule has 1 aliphatic heterocycles. The van der Waals surface area contributed by atoms with Crippen molar-refractivity contribution in [3.8, 4) is 0 Å². The molecule has 7 nitrogen and oxygen atoms in total. The second-order valence-corrected chi connectivity index (χ2v) is 4.22. The van der Waals surface area contributed by atoms with Gasteiger partial charge in [0.15, 0.2) is 0 Å². The van der Waals surface area contributed by atoms with Crippen LogP contribution < -0.4 is 5.32 Å². The van der Waals surface area contributed by atoms with Crippen LogP contribution in [0.15, 0.2) is 35.9 Å². The summed E-state index contributed by atoms with van der Waals surface area (Å²) in [6.45, 7) is -0.567. The highest BCUT2D eigenvalue weighted by molar-refractivity contribution is 6.30. The predicted molar refractivity (Wildman–Crippen MR) is 72.7 cm³/mol. The molecular formula is C14H14N2O5. The SMILES string of the molecule is O=C1NC(=O)N(COCCO)C(=O)/C1=C/c1ccccc1. The van der Waals surface area contributed by atoms with Gasteiger partial charge in [0.05, 0.1) is 13.2 Å². The van der Waals surface area contributed by atoms with E-state index >= 15 is 0 Å². The number of hydrogen-bond donors (Lipinski definition) is 2. The van der Waals surface area contributed by atoms with Crippen LogP contribution in [-0.2, 0) is 14.3 Å². The van der Waals surface area contributed by atoms with Gasteiger partial charge < -0.3 is 9.84 Å².